The molecule has 1 N–H and O–H groups in total. The molecule has 2 aliphatic heterocycles. The molecule has 2 aliphatic rings. The summed E-state index contributed by atoms with van der Waals surface area (Å²) in [7, 11) is 0. The Morgan fingerprint density at radius 3 is 2.46 bits per heavy atom. The van der Waals surface area contributed by atoms with E-state index in [-0.39, 0.29) is 11.3 Å². The molecule has 7 nitrogen and oxygen atoms in total. The van der Waals surface area contributed by atoms with E-state index in [0.29, 0.717) is 59.8 Å². The number of rotatable bonds is 8. The van der Waals surface area contributed by atoms with Crippen molar-refractivity contribution in [3.63, 3.8) is 0 Å². The Labute approximate surface area is 214 Å². The molecule has 9 heteroatoms. The third kappa shape index (κ3) is 5.54. The molecule has 184 valence electrons. The van der Waals surface area contributed by atoms with Gasteiger partial charge in [0.05, 0.1) is 34.9 Å². The molecule has 4 rings (SSSR count). The molecule has 0 bridgehead atoms. The minimum atomic E-state index is -0.803. The maximum Gasteiger partial charge on any atom is 0.295 e. The summed E-state index contributed by atoms with van der Waals surface area (Å²) < 4.78 is 10.9. The molecule has 0 aromatic heterocycles. The van der Waals surface area contributed by atoms with Crippen molar-refractivity contribution >= 4 is 40.7 Å². The van der Waals surface area contributed by atoms with E-state index < -0.39 is 17.7 Å². The highest BCUT2D eigenvalue weighted by atomic mass is 35.5. The smallest absolute Gasteiger partial charge is 0.295 e. The summed E-state index contributed by atoms with van der Waals surface area (Å²) in [6.45, 7) is 7.60. The molecule has 1 atom stereocenters. The zero-order valence-electron chi connectivity index (χ0n) is 19.1. The summed E-state index contributed by atoms with van der Waals surface area (Å²) in [5, 5.41) is 11.9. The normalized spacial score (nSPS) is 20.3. The first kappa shape index (κ1) is 25.3. The van der Waals surface area contributed by atoms with E-state index in [1.807, 2.05) is 0 Å². The highest BCUT2D eigenvalue weighted by molar-refractivity contribution is 6.46. The van der Waals surface area contributed by atoms with Crippen molar-refractivity contribution in [2.45, 2.75) is 6.04 Å². The molecular weight excluding hydrogens is 491 g/mol. The van der Waals surface area contributed by atoms with Gasteiger partial charge in [-0.15, -0.1) is 0 Å². The summed E-state index contributed by atoms with van der Waals surface area (Å²) in [6.07, 6.45) is 1.63. The van der Waals surface area contributed by atoms with Gasteiger partial charge in [-0.25, -0.2) is 0 Å². The molecule has 2 aromatic rings. The van der Waals surface area contributed by atoms with E-state index in [1.54, 1.807) is 48.5 Å². The summed E-state index contributed by atoms with van der Waals surface area (Å²) in [5.74, 6) is -1.08. The van der Waals surface area contributed by atoms with Gasteiger partial charge >= 0.3 is 0 Å². The van der Waals surface area contributed by atoms with Gasteiger partial charge in [0, 0.05) is 31.7 Å². The number of aliphatic hydroxyl groups excluding tert-OH is 1. The van der Waals surface area contributed by atoms with Gasteiger partial charge in [-0.1, -0.05) is 41.9 Å². The van der Waals surface area contributed by atoms with Gasteiger partial charge in [-0.2, -0.15) is 0 Å². The lowest BCUT2D eigenvalue weighted by molar-refractivity contribution is -0.140. The number of aliphatic hydroxyl groups is 1. The predicted octanol–water partition coefficient (Wildman–Crippen LogP) is 4.31. The van der Waals surface area contributed by atoms with Crippen LogP contribution in [-0.2, 0) is 14.3 Å². The number of hydrogen-bond donors (Lipinski definition) is 1. The van der Waals surface area contributed by atoms with Crippen LogP contribution in [0, 0.1) is 0 Å². The second-order valence-electron chi connectivity index (χ2n) is 8.24. The molecule has 0 radical (unpaired) electrons. The van der Waals surface area contributed by atoms with Crippen molar-refractivity contribution in [1.29, 1.82) is 0 Å². The van der Waals surface area contributed by atoms with E-state index >= 15 is 0 Å². The van der Waals surface area contributed by atoms with Crippen LogP contribution in [0.3, 0.4) is 0 Å². The second kappa shape index (κ2) is 11.3. The van der Waals surface area contributed by atoms with Crippen LogP contribution in [0.2, 0.25) is 10.0 Å². The molecular formula is C26H26Cl2N2O5. The standard InChI is InChI=1S/C26H26Cl2N2O5/c1-2-13-35-19-6-3-17(4-7-19)24(31)22-23(18-5-8-20(27)21(28)16-18)30(26(33)25(22)32)10-9-29-11-14-34-15-12-29/h2-8,16,23,31H,1,9-15H2/b24-22+. The van der Waals surface area contributed by atoms with Crippen LogP contribution in [0.1, 0.15) is 17.2 Å². The van der Waals surface area contributed by atoms with Crippen LogP contribution in [0.5, 0.6) is 5.75 Å². The van der Waals surface area contributed by atoms with Crippen molar-refractivity contribution < 1.29 is 24.2 Å². The third-order valence-electron chi connectivity index (χ3n) is 6.06. The second-order valence-corrected chi connectivity index (χ2v) is 9.06. The van der Waals surface area contributed by atoms with Crippen LogP contribution in [0.4, 0.5) is 0 Å². The lowest BCUT2D eigenvalue weighted by atomic mass is 9.95. The molecule has 1 amide bonds. The number of ketones is 1. The number of carbonyl (C=O) groups is 2. The quantitative estimate of drug-likeness (QED) is 0.243. The number of ether oxygens (including phenoxy) is 2. The number of halogens is 2. The number of amides is 1. The average Bonchev–Trinajstić information content (AvgIpc) is 3.13. The Hall–Kier alpha value is -2.84. The van der Waals surface area contributed by atoms with Gasteiger partial charge in [0.15, 0.2) is 0 Å². The Bertz CT molecular complexity index is 1140. The minimum absolute atomic E-state index is 0.00938. The molecule has 35 heavy (non-hydrogen) atoms. The zero-order chi connectivity index (χ0) is 24.9. The summed E-state index contributed by atoms with van der Waals surface area (Å²) in [6, 6.07) is 10.8. The summed E-state index contributed by atoms with van der Waals surface area (Å²) >= 11 is 12.4. The van der Waals surface area contributed by atoms with Crippen LogP contribution >= 0.6 is 23.2 Å². The lowest BCUT2D eigenvalue weighted by Crippen LogP contribution is -2.42. The van der Waals surface area contributed by atoms with E-state index in [2.05, 4.69) is 11.5 Å². The summed E-state index contributed by atoms with van der Waals surface area (Å²) in [5.41, 5.74) is 0.996. The number of likely N-dealkylation sites (tertiary alicyclic amines) is 1. The summed E-state index contributed by atoms with van der Waals surface area (Å²) in [4.78, 5) is 30.0. The number of morpholine rings is 1. The predicted molar refractivity (Wildman–Crippen MR) is 135 cm³/mol. The van der Waals surface area contributed by atoms with Crippen molar-refractivity contribution in [2.75, 3.05) is 46.0 Å². The topological polar surface area (TPSA) is 79.3 Å². The first-order chi connectivity index (χ1) is 16.9. The molecule has 2 fully saturated rings. The van der Waals surface area contributed by atoms with Crippen molar-refractivity contribution in [3.8, 4) is 5.75 Å². The number of Topliss-reactive ketones (excluding diaryl/α,β-unsaturated/α-hetero) is 1. The van der Waals surface area contributed by atoms with Crippen molar-refractivity contribution in [1.82, 2.24) is 9.80 Å². The monoisotopic (exact) mass is 516 g/mol. The fraction of sp³-hybridized carbons (Fsp3) is 0.308. The minimum Gasteiger partial charge on any atom is -0.507 e. The third-order valence-corrected chi connectivity index (χ3v) is 6.79. The lowest BCUT2D eigenvalue weighted by Gasteiger charge is -2.31. The van der Waals surface area contributed by atoms with E-state index in [4.69, 9.17) is 32.7 Å². The molecule has 0 saturated carbocycles. The van der Waals surface area contributed by atoms with Crippen molar-refractivity contribution in [2.24, 2.45) is 0 Å². The van der Waals surface area contributed by atoms with Gasteiger partial charge in [0.25, 0.3) is 11.7 Å². The van der Waals surface area contributed by atoms with Crippen LogP contribution < -0.4 is 4.74 Å². The van der Waals surface area contributed by atoms with E-state index in [0.717, 1.165) is 13.1 Å². The molecule has 1 unspecified atom stereocenters. The Kier molecular flexibility index (Phi) is 8.13. The van der Waals surface area contributed by atoms with Crippen molar-refractivity contribution in [3.05, 3.63) is 81.9 Å². The first-order valence-electron chi connectivity index (χ1n) is 11.3. The molecule has 0 spiro atoms. The average molecular weight is 517 g/mol. The Morgan fingerprint density at radius 2 is 1.80 bits per heavy atom. The van der Waals surface area contributed by atoms with Gasteiger partial charge < -0.3 is 19.5 Å². The molecule has 2 aromatic carbocycles. The molecule has 0 aliphatic carbocycles. The van der Waals surface area contributed by atoms with Crippen LogP contribution in [0.25, 0.3) is 5.76 Å². The molecule has 2 heterocycles. The Morgan fingerprint density at radius 1 is 1.09 bits per heavy atom. The zero-order valence-corrected chi connectivity index (χ0v) is 20.6. The van der Waals surface area contributed by atoms with Gasteiger partial charge in [0.1, 0.15) is 18.1 Å². The maximum absolute atomic E-state index is 13.2. The Balaban J connectivity index is 1.71. The first-order valence-corrected chi connectivity index (χ1v) is 12.0. The largest absolute Gasteiger partial charge is 0.507 e. The highest BCUT2D eigenvalue weighted by Crippen LogP contribution is 2.41. The SMILES string of the molecule is C=CCOc1ccc(/C(O)=C2\C(=O)C(=O)N(CCN3CCOCC3)C2c2ccc(Cl)c(Cl)c2)cc1. The number of hydrogen-bond acceptors (Lipinski definition) is 6. The maximum atomic E-state index is 13.2. The van der Waals surface area contributed by atoms with E-state index in [1.165, 1.54) is 4.90 Å². The van der Waals surface area contributed by atoms with Gasteiger partial charge in [0.2, 0.25) is 0 Å². The van der Waals surface area contributed by atoms with Crippen LogP contribution in [0.15, 0.2) is 60.7 Å². The highest BCUT2D eigenvalue weighted by Gasteiger charge is 2.46. The molecule has 2 saturated heterocycles. The number of benzene rings is 2. The fourth-order valence-electron chi connectivity index (χ4n) is 4.23. The van der Waals surface area contributed by atoms with E-state index in [9.17, 15) is 14.7 Å². The van der Waals surface area contributed by atoms with Gasteiger partial charge in [-0.05, 0) is 42.0 Å². The number of carbonyl (C=O) groups excluding carboxylic acids is 2. The fourth-order valence-corrected chi connectivity index (χ4v) is 4.54. The van der Waals surface area contributed by atoms with Gasteiger partial charge in [-0.3, -0.25) is 14.5 Å². The number of nitrogens with zero attached hydrogens (tertiary/aromatic N) is 2. The van der Waals surface area contributed by atoms with Crippen LogP contribution in [-0.4, -0.2) is 72.6 Å².